The van der Waals surface area contributed by atoms with Crippen LogP contribution in [0.1, 0.15) is 28.5 Å². The molecule has 90 valence electrons. The van der Waals surface area contributed by atoms with Gasteiger partial charge in [-0.1, -0.05) is 39.7 Å². The minimum absolute atomic E-state index is 0.397. The number of aliphatic hydroxyl groups is 1. The smallest absolute Gasteiger partial charge is 0.0804 e. The normalized spacial score (nSPS) is 12.6. The molecule has 0 aliphatic rings. The van der Waals surface area contributed by atoms with Gasteiger partial charge in [0.2, 0.25) is 0 Å². The second kappa shape index (κ2) is 5.80. The highest BCUT2D eigenvalue weighted by Crippen LogP contribution is 2.28. The summed E-state index contributed by atoms with van der Waals surface area (Å²) >= 11 is 5.24. The van der Waals surface area contributed by atoms with Crippen molar-refractivity contribution in [1.29, 1.82) is 0 Å². The van der Waals surface area contributed by atoms with Crippen molar-refractivity contribution in [2.24, 2.45) is 0 Å². The number of thiophene rings is 1. The first-order valence-electron chi connectivity index (χ1n) is 5.63. The van der Waals surface area contributed by atoms with Gasteiger partial charge in [0, 0.05) is 9.35 Å². The highest BCUT2D eigenvalue weighted by Gasteiger charge is 2.11. The van der Waals surface area contributed by atoms with Gasteiger partial charge in [0.15, 0.2) is 0 Å². The van der Waals surface area contributed by atoms with Crippen LogP contribution in [0.25, 0.3) is 0 Å². The molecule has 0 saturated carbocycles. The number of hydrogen-bond donors (Lipinski definition) is 1. The zero-order valence-corrected chi connectivity index (χ0v) is 12.1. The van der Waals surface area contributed by atoms with Crippen molar-refractivity contribution in [1.82, 2.24) is 0 Å². The number of aliphatic hydroxyl groups excluding tert-OH is 1. The first-order valence-corrected chi connectivity index (χ1v) is 7.30. The Labute approximate surface area is 114 Å². The van der Waals surface area contributed by atoms with Crippen molar-refractivity contribution in [3.8, 4) is 0 Å². The monoisotopic (exact) mass is 310 g/mol. The molecule has 0 bridgehead atoms. The Balaban J connectivity index is 2.04. The molecule has 1 aromatic heterocycles. The number of hydrogen-bond acceptors (Lipinski definition) is 2. The van der Waals surface area contributed by atoms with E-state index in [0.29, 0.717) is 0 Å². The molecule has 0 spiro atoms. The van der Waals surface area contributed by atoms with Gasteiger partial charge >= 0.3 is 0 Å². The molecule has 0 amide bonds. The lowest BCUT2D eigenvalue weighted by molar-refractivity contribution is 0.167. The molecule has 2 aromatic rings. The van der Waals surface area contributed by atoms with Crippen LogP contribution in [0.15, 0.2) is 40.2 Å². The first kappa shape index (κ1) is 12.8. The molecule has 0 aliphatic heterocycles. The largest absolute Gasteiger partial charge is 0.388 e. The van der Waals surface area contributed by atoms with Crippen LogP contribution in [-0.2, 0) is 6.42 Å². The molecule has 0 aliphatic carbocycles. The molecule has 1 heterocycles. The Bertz CT molecular complexity index is 479. The van der Waals surface area contributed by atoms with E-state index in [1.54, 1.807) is 11.3 Å². The molecule has 1 atom stereocenters. The number of rotatable bonds is 4. The van der Waals surface area contributed by atoms with Crippen molar-refractivity contribution < 1.29 is 5.11 Å². The van der Waals surface area contributed by atoms with Gasteiger partial charge in [-0.05, 0) is 42.8 Å². The Kier molecular flexibility index (Phi) is 4.37. The van der Waals surface area contributed by atoms with Crippen LogP contribution < -0.4 is 0 Å². The SMILES string of the molecule is Cc1ccc(Br)c(C(O)CCc2cccs2)c1. The van der Waals surface area contributed by atoms with Crippen LogP contribution in [0.3, 0.4) is 0 Å². The van der Waals surface area contributed by atoms with E-state index in [2.05, 4.69) is 33.4 Å². The molecule has 1 aromatic carbocycles. The van der Waals surface area contributed by atoms with Gasteiger partial charge in [0.1, 0.15) is 0 Å². The molecule has 0 radical (unpaired) electrons. The summed E-state index contributed by atoms with van der Waals surface area (Å²) in [6.45, 7) is 2.04. The second-order valence-corrected chi connectivity index (χ2v) is 6.05. The summed E-state index contributed by atoms with van der Waals surface area (Å²) in [5, 5.41) is 12.3. The molecular formula is C14H15BrOS. The minimum Gasteiger partial charge on any atom is -0.388 e. The summed E-state index contributed by atoms with van der Waals surface area (Å²) in [5.74, 6) is 0. The van der Waals surface area contributed by atoms with E-state index in [1.807, 2.05) is 25.1 Å². The number of aryl methyl sites for hydroxylation is 2. The van der Waals surface area contributed by atoms with Crippen molar-refractivity contribution >= 4 is 27.3 Å². The third kappa shape index (κ3) is 3.41. The lowest BCUT2D eigenvalue weighted by Gasteiger charge is -2.13. The van der Waals surface area contributed by atoms with E-state index >= 15 is 0 Å². The molecular weight excluding hydrogens is 296 g/mol. The van der Waals surface area contributed by atoms with Gasteiger partial charge in [-0.25, -0.2) is 0 Å². The van der Waals surface area contributed by atoms with Crippen molar-refractivity contribution in [3.63, 3.8) is 0 Å². The molecule has 1 nitrogen and oxygen atoms in total. The van der Waals surface area contributed by atoms with Crippen molar-refractivity contribution in [3.05, 3.63) is 56.2 Å². The van der Waals surface area contributed by atoms with Gasteiger partial charge in [-0.3, -0.25) is 0 Å². The van der Waals surface area contributed by atoms with E-state index < -0.39 is 6.10 Å². The Hall–Kier alpha value is -0.640. The Morgan fingerprint density at radius 1 is 1.35 bits per heavy atom. The minimum atomic E-state index is -0.397. The van der Waals surface area contributed by atoms with Gasteiger partial charge in [0.05, 0.1) is 6.10 Å². The predicted octanol–water partition coefficient (Wildman–Crippen LogP) is 4.49. The highest BCUT2D eigenvalue weighted by atomic mass is 79.9. The average Bonchev–Trinajstić information content (AvgIpc) is 2.82. The zero-order chi connectivity index (χ0) is 12.3. The first-order chi connectivity index (χ1) is 8.16. The van der Waals surface area contributed by atoms with E-state index in [1.165, 1.54) is 10.4 Å². The lowest BCUT2D eigenvalue weighted by atomic mass is 10.0. The molecule has 17 heavy (non-hydrogen) atoms. The summed E-state index contributed by atoms with van der Waals surface area (Å²) in [7, 11) is 0. The summed E-state index contributed by atoms with van der Waals surface area (Å²) in [5.41, 5.74) is 2.17. The van der Waals surface area contributed by atoms with Crippen LogP contribution in [0.4, 0.5) is 0 Å². The quantitative estimate of drug-likeness (QED) is 0.882. The molecule has 2 rings (SSSR count). The maximum Gasteiger partial charge on any atom is 0.0804 e. The van der Waals surface area contributed by atoms with E-state index in [0.717, 1.165) is 22.9 Å². The van der Waals surface area contributed by atoms with Crippen LogP contribution >= 0.6 is 27.3 Å². The Morgan fingerprint density at radius 2 is 2.18 bits per heavy atom. The Morgan fingerprint density at radius 3 is 2.88 bits per heavy atom. The molecule has 0 fully saturated rings. The van der Waals surface area contributed by atoms with Gasteiger partial charge in [-0.15, -0.1) is 11.3 Å². The van der Waals surface area contributed by atoms with Gasteiger partial charge in [-0.2, -0.15) is 0 Å². The topological polar surface area (TPSA) is 20.2 Å². The van der Waals surface area contributed by atoms with Crippen molar-refractivity contribution in [2.75, 3.05) is 0 Å². The molecule has 0 saturated heterocycles. The predicted molar refractivity (Wildman–Crippen MR) is 76.5 cm³/mol. The fourth-order valence-electron chi connectivity index (χ4n) is 1.81. The standard InChI is InChI=1S/C14H15BrOS/c1-10-4-6-13(15)12(9-10)14(16)7-5-11-3-2-8-17-11/h2-4,6,8-9,14,16H,5,7H2,1H3. The lowest BCUT2D eigenvalue weighted by Crippen LogP contribution is -2.00. The maximum absolute atomic E-state index is 10.2. The number of halogens is 1. The second-order valence-electron chi connectivity index (χ2n) is 4.16. The highest BCUT2D eigenvalue weighted by molar-refractivity contribution is 9.10. The van der Waals surface area contributed by atoms with E-state index in [-0.39, 0.29) is 0 Å². The van der Waals surface area contributed by atoms with Crippen LogP contribution in [-0.4, -0.2) is 5.11 Å². The molecule has 3 heteroatoms. The molecule has 1 N–H and O–H groups in total. The van der Waals surface area contributed by atoms with E-state index in [9.17, 15) is 5.11 Å². The van der Waals surface area contributed by atoms with Crippen LogP contribution in [0.5, 0.6) is 0 Å². The van der Waals surface area contributed by atoms with Crippen LogP contribution in [0.2, 0.25) is 0 Å². The molecule has 1 unspecified atom stereocenters. The fraction of sp³-hybridized carbons (Fsp3) is 0.286. The third-order valence-electron chi connectivity index (χ3n) is 2.75. The average molecular weight is 311 g/mol. The van der Waals surface area contributed by atoms with E-state index in [4.69, 9.17) is 0 Å². The van der Waals surface area contributed by atoms with Gasteiger partial charge in [0.25, 0.3) is 0 Å². The number of benzene rings is 1. The summed E-state index contributed by atoms with van der Waals surface area (Å²) in [4.78, 5) is 1.33. The third-order valence-corrected chi connectivity index (χ3v) is 4.41. The maximum atomic E-state index is 10.2. The fourth-order valence-corrected chi connectivity index (χ4v) is 3.04. The van der Waals surface area contributed by atoms with Gasteiger partial charge < -0.3 is 5.11 Å². The summed E-state index contributed by atoms with van der Waals surface area (Å²) in [6.07, 6.45) is 1.30. The zero-order valence-electron chi connectivity index (χ0n) is 9.69. The van der Waals surface area contributed by atoms with Crippen molar-refractivity contribution in [2.45, 2.75) is 25.9 Å². The summed E-state index contributed by atoms with van der Waals surface area (Å²) in [6, 6.07) is 10.2. The van der Waals surface area contributed by atoms with Crippen LogP contribution in [0, 0.1) is 6.92 Å². The summed E-state index contributed by atoms with van der Waals surface area (Å²) < 4.78 is 0.988.